The smallest absolute Gasteiger partial charge is 0.180 e. The van der Waals surface area contributed by atoms with Crippen LogP contribution in [-0.4, -0.2) is 23.0 Å². The second-order valence-electron chi connectivity index (χ2n) is 3.51. The highest BCUT2D eigenvalue weighted by Crippen LogP contribution is 2.16. The monoisotopic (exact) mass is 269 g/mol. The minimum atomic E-state index is 0. The molecule has 2 rings (SSSR count). The van der Waals surface area contributed by atoms with Crippen molar-refractivity contribution < 1.29 is 0 Å². The van der Waals surface area contributed by atoms with E-state index < -0.39 is 0 Å². The summed E-state index contributed by atoms with van der Waals surface area (Å²) in [5.74, 6) is 0. The molecule has 0 atom stereocenters. The van der Waals surface area contributed by atoms with Gasteiger partial charge < -0.3 is 5.73 Å². The van der Waals surface area contributed by atoms with Gasteiger partial charge in [-0.1, -0.05) is 6.42 Å². The minimum absolute atomic E-state index is 0. The molecule has 0 saturated carbocycles. The number of halogens is 2. The van der Waals surface area contributed by atoms with E-state index in [9.17, 15) is 0 Å². The van der Waals surface area contributed by atoms with Crippen LogP contribution in [0.25, 0.3) is 0 Å². The Morgan fingerprint density at radius 1 is 1.27 bits per heavy atom. The lowest BCUT2D eigenvalue weighted by molar-refractivity contribution is 0.219. The summed E-state index contributed by atoms with van der Waals surface area (Å²) in [6.45, 7) is 3.42. The first-order chi connectivity index (χ1) is 6.34. The van der Waals surface area contributed by atoms with Crippen molar-refractivity contribution >= 4 is 41.3 Å². The van der Waals surface area contributed by atoms with E-state index in [1.54, 1.807) is 0 Å². The van der Waals surface area contributed by atoms with Crippen LogP contribution in [0.15, 0.2) is 5.38 Å². The predicted molar refractivity (Wildman–Crippen MR) is 70.2 cm³/mol. The molecule has 0 aromatic carbocycles. The van der Waals surface area contributed by atoms with Crippen LogP contribution in [0.5, 0.6) is 0 Å². The topological polar surface area (TPSA) is 42.1 Å². The summed E-state index contributed by atoms with van der Waals surface area (Å²) in [6, 6.07) is 0. The second kappa shape index (κ2) is 7.28. The Hall–Kier alpha value is -0.0300. The number of likely N-dealkylation sites (tertiary alicyclic amines) is 1. The van der Waals surface area contributed by atoms with Crippen molar-refractivity contribution in [1.29, 1.82) is 0 Å². The van der Waals surface area contributed by atoms with E-state index in [0.29, 0.717) is 5.13 Å². The van der Waals surface area contributed by atoms with Gasteiger partial charge in [0.1, 0.15) is 0 Å². The van der Waals surface area contributed by atoms with Crippen LogP contribution in [0, 0.1) is 0 Å². The van der Waals surface area contributed by atoms with Crippen molar-refractivity contribution in [1.82, 2.24) is 9.88 Å². The molecule has 1 saturated heterocycles. The van der Waals surface area contributed by atoms with Gasteiger partial charge in [-0.3, -0.25) is 4.90 Å². The van der Waals surface area contributed by atoms with Gasteiger partial charge in [0, 0.05) is 11.9 Å². The second-order valence-corrected chi connectivity index (χ2v) is 4.40. The number of piperidine rings is 1. The summed E-state index contributed by atoms with van der Waals surface area (Å²) in [7, 11) is 0. The lowest BCUT2D eigenvalue weighted by atomic mass is 10.1. The van der Waals surface area contributed by atoms with E-state index in [4.69, 9.17) is 5.73 Å². The highest BCUT2D eigenvalue weighted by atomic mass is 35.5. The number of nitrogen functional groups attached to an aromatic ring is 1. The van der Waals surface area contributed by atoms with E-state index >= 15 is 0 Å². The Morgan fingerprint density at radius 2 is 1.93 bits per heavy atom. The lowest BCUT2D eigenvalue weighted by Crippen LogP contribution is -2.29. The summed E-state index contributed by atoms with van der Waals surface area (Å²) in [5.41, 5.74) is 6.70. The zero-order valence-corrected chi connectivity index (χ0v) is 11.0. The Bertz CT molecular complexity index is 274. The van der Waals surface area contributed by atoms with Gasteiger partial charge in [-0.2, -0.15) is 0 Å². The molecule has 0 amide bonds. The van der Waals surface area contributed by atoms with E-state index in [1.165, 1.54) is 43.7 Å². The zero-order valence-electron chi connectivity index (χ0n) is 8.52. The Morgan fingerprint density at radius 3 is 2.47 bits per heavy atom. The van der Waals surface area contributed by atoms with E-state index in [-0.39, 0.29) is 24.8 Å². The lowest BCUT2D eigenvalue weighted by Gasteiger charge is -2.25. The minimum Gasteiger partial charge on any atom is -0.375 e. The molecule has 88 valence electrons. The molecule has 0 bridgehead atoms. The number of hydrogen-bond donors (Lipinski definition) is 1. The molecule has 2 N–H and O–H groups in total. The molecule has 1 fully saturated rings. The predicted octanol–water partition coefficient (Wildman–Crippen LogP) is 2.55. The average molecular weight is 270 g/mol. The highest BCUT2D eigenvalue weighted by molar-refractivity contribution is 7.13. The van der Waals surface area contributed by atoms with Crippen LogP contribution in [0.2, 0.25) is 0 Å². The molecule has 3 nitrogen and oxygen atoms in total. The van der Waals surface area contributed by atoms with Crippen LogP contribution in [0.1, 0.15) is 25.0 Å². The molecule has 1 aromatic heterocycles. The Kier molecular flexibility index (Phi) is 7.26. The molecule has 6 heteroatoms. The Balaban J connectivity index is 0.000000980. The first-order valence-electron chi connectivity index (χ1n) is 4.77. The summed E-state index contributed by atoms with van der Waals surface area (Å²) in [4.78, 5) is 6.72. The quantitative estimate of drug-likeness (QED) is 0.898. The molecular weight excluding hydrogens is 253 g/mol. The summed E-state index contributed by atoms with van der Waals surface area (Å²) >= 11 is 1.53. The molecule has 1 aliphatic heterocycles. The molecule has 0 unspecified atom stereocenters. The first-order valence-corrected chi connectivity index (χ1v) is 5.65. The maximum absolute atomic E-state index is 5.57. The third kappa shape index (κ3) is 4.55. The van der Waals surface area contributed by atoms with Crippen molar-refractivity contribution in [3.63, 3.8) is 0 Å². The number of hydrogen-bond acceptors (Lipinski definition) is 4. The van der Waals surface area contributed by atoms with Crippen molar-refractivity contribution in [2.75, 3.05) is 18.8 Å². The SMILES string of the molecule is Cl.Cl.Nc1nc(CN2CCCCC2)cs1. The van der Waals surface area contributed by atoms with E-state index in [0.717, 1.165) is 12.2 Å². The maximum atomic E-state index is 5.57. The number of rotatable bonds is 2. The molecular formula is C9H17Cl2N3S. The third-order valence-corrected chi connectivity index (χ3v) is 3.13. The van der Waals surface area contributed by atoms with Gasteiger partial charge in [0.15, 0.2) is 5.13 Å². The van der Waals surface area contributed by atoms with Crippen LogP contribution in [0.4, 0.5) is 5.13 Å². The molecule has 0 spiro atoms. The van der Waals surface area contributed by atoms with Crippen molar-refractivity contribution in [3.8, 4) is 0 Å². The van der Waals surface area contributed by atoms with Gasteiger partial charge in [0.05, 0.1) is 5.69 Å². The number of nitrogens with two attached hydrogens (primary N) is 1. The standard InChI is InChI=1S/C9H15N3S.2ClH/c10-9-11-8(7-13-9)6-12-4-2-1-3-5-12;;/h7H,1-6H2,(H2,10,11);2*1H. The van der Waals surface area contributed by atoms with Gasteiger partial charge in [-0.25, -0.2) is 4.98 Å². The van der Waals surface area contributed by atoms with Gasteiger partial charge in [-0.15, -0.1) is 36.2 Å². The number of anilines is 1. The van der Waals surface area contributed by atoms with Crippen molar-refractivity contribution in [2.24, 2.45) is 0 Å². The molecule has 15 heavy (non-hydrogen) atoms. The zero-order chi connectivity index (χ0) is 9.10. The number of aromatic nitrogens is 1. The highest BCUT2D eigenvalue weighted by Gasteiger charge is 2.11. The average Bonchev–Trinajstić information content (AvgIpc) is 2.53. The third-order valence-electron chi connectivity index (χ3n) is 2.40. The van der Waals surface area contributed by atoms with E-state index in [1.807, 2.05) is 0 Å². The van der Waals surface area contributed by atoms with E-state index in [2.05, 4.69) is 15.3 Å². The largest absolute Gasteiger partial charge is 0.375 e. The van der Waals surface area contributed by atoms with Crippen molar-refractivity contribution in [2.45, 2.75) is 25.8 Å². The van der Waals surface area contributed by atoms with Gasteiger partial charge >= 0.3 is 0 Å². The molecule has 2 heterocycles. The number of thiazole rings is 1. The summed E-state index contributed by atoms with van der Waals surface area (Å²) in [5, 5.41) is 2.75. The summed E-state index contributed by atoms with van der Waals surface area (Å²) in [6.07, 6.45) is 4.05. The Labute approximate surface area is 107 Å². The fourth-order valence-corrected chi connectivity index (χ4v) is 2.30. The fourth-order valence-electron chi connectivity index (χ4n) is 1.74. The van der Waals surface area contributed by atoms with Crippen LogP contribution in [-0.2, 0) is 6.54 Å². The van der Waals surface area contributed by atoms with Crippen molar-refractivity contribution in [3.05, 3.63) is 11.1 Å². The van der Waals surface area contributed by atoms with Crippen LogP contribution >= 0.6 is 36.2 Å². The van der Waals surface area contributed by atoms with Crippen LogP contribution < -0.4 is 5.73 Å². The number of nitrogens with zero attached hydrogens (tertiary/aromatic N) is 2. The van der Waals surface area contributed by atoms with Gasteiger partial charge in [0.25, 0.3) is 0 Å². The van der Waals surface area contributed by atoms with Gasteiger partial charge in [-0.05, 0) is 25.9 Å². The normalized spacial score (nSPS) is 16.5. The van der Waals surface area contributed by atoms with Crippen LogP contribution in [0.3, 0.4) is 0 Å². The fraction of sp³-hybridized carbons (Fsp3) is 0.667. The van der Waals surface area contributed by atoms with Gasteiger partial charge in [0.2, 0.25) is 0 Å². The maximum Gasteiger partial charge on any atom is 0.180 e. The molecule has 0 radical (unpaired) electrons. The molecule has 1 aliphatic rings. The first kappa shape index (κ1) is 15.0. The summed E-state index contributed by atoms with van der Waals surface area (Å²) < 4.78 is 0. The molecule has 0 aliphatic carbocycles. The molecule has 1 aromatic rings.